The second-order valence-electron chi connectivity index (χ2n) is 15.5. The van der Waals surface area contributed by atoms with E-state index in [0.717, 1.165) is 5.56 Å². The van der Waals surface area contributed by atoms with Crippen molar-refractivity contribution in [2.75, 3.05) is 27.8 Å². The van der Waals surface area contributed by atoms with E-state index in [4.69, 9.17) is 27.9 Å². The van der Waals surface area contributed by atoms with Crippen molar-refractivity contribution < 1.29 is 22.7 Å². The highest BCUT2D eigenvalue weighted by Crippen LogP contribution is 2.42. The molecule has 2 amide bonds. The normalized spacial score (nSPS) is 12.4. The van der Waals surface area contributed by atoms with Crippen molar-refractivity contribution in [1.82, 2.24) is 0 Å². The van der Waals surface area contributed by atoms with Crippen molar-refractivity contribution in [3.8, 4) is 5.75 Å². The van der Waals surface area contributed by atoms with Crippen molar-refractivity contribution in [2.24, 2.45) is 10.8 Å². The molecule has 0 fully saturated rings. The summed E-state index contributed by atoms with van der Waals surface area (Å²) >= 11 is 12.9. The van der Waals surface area contributed by atoms with Crippen molar-refractivity contribution >= 4 is 73.5 Å². The maximum absolute atomic E-state index is 14.6. The molecule has 9 nitrogen and oxygen atoms in total. The average Bonchev–Trinajstić information content (AvgIpc) is 2.97. The fraction of sp³-hybridized carbons (Fsp3) is 0.474. The summed E-state index contributed by atoms with van der Waals surface area (Å²) in [5.74, 6) is -0.383. The zero-order valence-corrected chi connectivity index (χ0v) is 33.7. The Kier molecular flexibility index (Phi) is 12.6. The predicted molar refractivity (Wildman–Crippen MR) is 208 cm³/mol. The van der Waals surface area contributed by atoms with Crippen LogP contribution in [0.3, 0.4) is 0 Å². The van der Waals surface area contributed by atoms with Crippen LogP contribution >= 0.6 is 23.2 Å². The number of sulfonamides is 1. The lowest BCUT2D eigenvalue weighted by Gasteiger charge is -2.26. The van der Waals surface area contributed by atoms with Gasteiger partial charge in [-0.1, -0.05) is 118 Å². The van der Waals surface area contributed by atoms with Crippen LogP contribution in [-0.2, 0) is 19.6 Å². The molecule has 3 aromatic carbocycles. The van der Waals surface area contributed by atoms with E-state index in [2.05, 4.69) is 34.5 Å². The molecule has 0 atom stereocenters. The highest BCUT2D eigenvalue weighted by atomic mass is 35.5. The number of nitrogens with one attached hydrogen (secondary N) is 4. The predicted octanol–water partition coefficient (Wildman–Crippen LogP) is 10.9. The summed E-state index contributed by atoms with van der Waals surface area (Å²) in [6.07, 6.45) is 0. The van der Waals surface area contributed by atoms with Crippen molar-refractivity contribution in [3.05, 3.63) is 63.1 Å². The largest absolute Gasteiger partial charge is 0.494 e. The van der Waals surface area contributed by atoms with E-state index in [1.807, 2.05) is 39.8 Å². The maximum Gasteiger partial charge on any atom is 0.262 e. The van der Waals surface area contributed by atoms with E-state index >= 15 is 0 Å². The number of amides is 2. The van der Waals surface area contributed by atoms with Gasteiger partial charge < -0.3 is 20.7 Å². The Morgan fingerprint density at radius 1 is 0.660 bits per heavy atom. The molecular formula is C38H52Cl2N4O5S. The number of ether oxygens (including phenoxy) is 1. The van der Waals surface area contributed by atoms with Crippen molar-refractivity contribution in [3.63, 3.8) is 0 Å². The highest BCUT2D eigenvalue weighted by Gasteiger charge is 2.30. The summed E-state index contributed by atoms with van der Waals surface area (Å²) in [7, 11) is -2.79. The van der Waals surface area contributed by atoms with Gasteiger partial charge in [0.25, 0.3) is 10.0 Å². The number of anilines is 5. The van der Waals surface area contributed by atoms with Crippen LogP contribution in [0.1, 0.15) is 118 Å². The number of rotatable bonds is 11. The molecule has 0 aliphatic heterocycles. The second kappa shape index (κ2) is 15.4. The van der Waals surface area contributed by atoms with Crippen LogP contribution in [0.15, 0.2) is 41.3 Å². The zero-order chi connectivity index (χ0) is 38.1. The number of carbonyl (C=O) groups excluding carboxylic acids is 2. The molecule has 0 heterocycles. The lowest BCUT2D eigenvalue weighted by molar-refractivity contribution is -0.123. The molecule has 0 aliphatic rings. The van der Waals surface area contributed by atoms with Crippen LogP contribution in [-0.4, -0.2) is 27.3 Å². The number of benzene rings is 3. The molecule has 4 N–H and O–H groups in total. The van der Waals surface area contributed by atoms with Gasteiger partial charge in [-0.25, -0.2) is 8.42 Å². The second-order valence-corrected chi connectivity index (χ2v) is 18.0. The minimum absolute atomic E-state index is 0.0699. The van der Waals surface area contributed by atoms with Crippen LogP contribution < -0.4 is 25.4 Å². The Bertz CT molecular complexity index is 1820. The molecule has 50 heavy (non-hydrogen) atoms. The van der Waals surface area contributed by atoms with Gasteiger partial charge >= 0.3 is 0 Å². The summed E-state index contributed by atoms with van der Waals surface area (Å²) in [4.78, 5) is 27.0. The third kappa shape index (κ3) is 9.65. The SMILES string of the molecule is COc1c(Cl)cc(Nc2cc(NC(=O)C(C)(C)C)c(NS(=O)(=O)c3c(C(C)C)cc(C(C)C)cc3C(C)C)cc2NC(=O)C(C)(C)C)cc1Cl. The molecule has 3 aromatic rings. The van der Waals surface area contributed by atoms with Gasteiger partial charge in [0.2, 0.25) is 11.8 Å². The number of hydrogen-bond acceptors (Lipinski definition) is 6. The third-order valence-corrected chi connectivity index (χ3v) is 10.1. The molecule has 0 spiro atoms. The molecule has 0 bridgehead atoms. The molecule has 274 valence electrons. The first-order valence-electron chi connectivity index (χ1n) is 16.7. The number of hydrogen-bond donors (Lipinski definition) is 4. The van der Waals surface area contributed by atoms with Gasteiger partial charge in [0, 0.05) is 16.5 Å². The summed E-state index contributed by atoms with van der Waals surface area (Å²) in [5, 5.41) is 9.58. The first-order chi connectivity index (χ1) is 22.9. The van der Waals surface area contributed by atoms with E-state index in [1.54, 1.807) is 59.7 Å². The Hall–Kier alpha value is -3.47. The molecule has 0 radical (unpaired) electrons. The van der Waals surface area contributed by atoms with Crippen LogP contribution in [0, 0.1) is 10.8 Å². The monoisotopic (exact) mass is 746 g/mol. The molecule has 12 heteroatoms. The maximum atomic E-state index is 14.6. The number of halogens is 2. The van der Waals surface area contributed by atoms with Crippen molar-refractivity contribution in [1.29, 1.82) is 0 Å². The third-order valence-electron chi connectivity index (χ3n) is 8.09. The molecule has 0 saturated carbocycles. The number of carbonyl (C=O) groups is 2. The van der Waals surface area contributed by atoms with Crippen LogP contribution in [0.4, 0.5) is 28.4 Å². The van der Waals surface area contributed by atoms with Gasteiger partial charge in [0.15, 0.2) is 5.75 Å². The van der Waals surface area contributed by atoms with Gasteiger partial charge in [-0.2, -0.15) is 0 Å². The first kappa shape index (κ1) is 41.0. The summed E-state index contributed by atoms with van der Waals surface area (Å²) in [5.41, 5.74) is 2.13. The smallest absolute Gasteiger partial charge is 0.262 e. The van der Waals surface area contributed by atoms with E-state index in [0.29, 0.717) is 28.3 Å². The fourth-order valence-electron chi connectivity index (χ4n) is 4.99. The topological polar surface area (TPSA) is 126 Å². The van der Waals surface area contributed by atoms with Crippen LogP contribution in [0.5, 0.6) is 5.75 Å². The Morgan fingerprint density at radius 3 is 1.46 bits per heavy atom. The van der Waals surface area contributed by atoms with E-state index in [-0.39, 0.29) is 61.6 Å². The fourth-order valence-corrected chi connectivity index (χ4v) is 7.40. The molecule has 0 unspecified atom stereocenters. The Balaban J connectivity index is 2.36. The van der Waals surface area contributed by atoms with E-state index < -0.39 is 20.9 Å². The Morgan fingerprint density at radius 2 is 1.08 bits per heavy atom. The van der Waals surface area contributed by atoms with Gasteiger partial charge in [-0.3, -0.25) is 14.3 Å². The molecular weight excluding hydrogens is 695 g/mol. The first-order valence-corrected chi connectivity index (χ1v) is 18.9. The molecule has 0 aromatic heterocycles. The van der Waals surface area contributed by atoms with Crippen LogP contribution in [0.2, 0.25) is 10.0 Å². The number of methoxy groups -OCH3 is 1. The standard InChI is InChI=1S/C38H52Cl2N4O5S/c1-20(2)23-14-25(21(3)4)34(26(15-23)22(5)6)50(47,48)44-32-19-30(42-35(45)37(7,8)9)29(18-31(32)43-36(46)38(10,11)12)41-24-16-27(39)33(49-13)28(40)17-24/h14-22,41,44H,1-13H3,(H,42,45)(H,43,46). The van der Waals surface area contributed by atoms with Crippen LogP contribution in [0.25, 0.3) is 0 Å². The summed E-state index contributed by atoms with van der Waals surface area (Å²) in [6.45, 7) is 22.6. The average molecular weight is 748 g/mol. The van der Waals surface area contributed by atoms with Crippen molar-refractivity contribution in [2.45, 2.75) is 106 Å². The minimum Gasteiger partial charge on any atom is -0.494 e. The molecule has 3 rings (SSSR count). The van der Waals surface area contributed by atoms with Gasteiger partial charge in [-0.05, 0) is 58.7 Å². The lowest BCUT2D eigenvalue weighted by atomic mass is 9.89. The Labute approximate surface area is 308 Å². The highest BCUT2D eigenvalue weighted by molar-refractivity contribution is 7.92. The van der Waals surface area contributed by atoms with E-state index in [9.17, 15) is 18.0 Å². The van der Waals surface area contributed by atoms with Gasteiger partial charge in [0.05, 0.1) is 44.8 Å². The van der Waals surface area contributed by atoms with E-state index in [1.165, 1.54) is 13.2 Å². The van der Waals surface area contributed by atoms with Gasteiger partial charge in [0.1, 0.15) is 0 Å². The molecule has 0 saturated heterocycles. The summed E-state index contributed by atoms with van der Waals surface area (Å²) < 4.78 is 37.3. The molecule has 0 aliphatic carbocycles. The lowest BCUT2D eigenvalue weighted by Crippen LogP contribution is -2.29. The zero-order valence-electron chi connectivity index (χ0n) is 31.4. The minimum atomic E-state index is -4.25. The van der Waals surface area contributed by atoms with Gasteiger partial charge in [-0.15, -0.1) is 0 Å². The summed E-state index contributed by atoms with van der Waals surface area (Å²) in [6, 6.07) is 10.2. The quantitative estimate of drug-likeness (QED) is 0.155.